The molecule has 0 unspecified atom stereocenters. The zero-order valence-corrected chi connectivity index (χ0v) is 12.4. The van der Waals surface area contributed by atoms with Gasteiger partial charge in [0, 0.05) is 18.9 Å². The second kappa shape index (κ2) is 6.78. The molecule has 0 fully saturated rings. The van der Waals surface area contributed by atoms with Crippen molar-refractivity contribution >= 4 is 29.2 Å². The van der Waals surface area contributed by atoms with E-state index >= 15 is 0 Å². The Morgan fingerprint density at radius 2 is 2.18 bits per heavy atom. The lowest BCUT2D eigenvalue weighted by molar-refractivity contribution is -0.119. The highest BCUT2D eigenvalue weighted by Crippen LogP contribution is 2.20. The summed E-state index contributed by atoms with van der Waals surface area (Å²) < 4.78 is 6.52. The van der Waals surface area contributed by atoms with Gasteiger partial charge in [0.25, 0.3) is 5.91 Å². The van der Waals surface area contributed by atoms with Gasteiger partial charge in [-0.15, -0.1) is 0 Å². The molecule has 0 atom stereocenters. The molecule has 0 saturated carbocycles. The third kappa shape index (κ3) is 3.65. The third-order valence-electron chi connectivity index (χ3n) is 2.86. The van der Waals surface area contributed by atoms with E-state index in [9.17, 15) is 9.59 Å². The van der Waals surface area contributed by atoms with Crippen molar-refractivity contribution in [2.45, 2.75) is 0 Å². The number of carbonyl (C=O) groups is 2. The Morgan fingerprint density at radius 1 is 1.41 bits per heavy atom. The monoisotopic (exact) mass is 317 g/mol. The molecule has 1 aromatic heterocycles. The van der Waals surface area contributed by atoms with Crippen molar-refractivity contribution in [3.8, 4) is 6.07 Å². The van der Waals surface area contributed by atoms with Crippen LogP contribution in [-0.4, -0.2) is 23.1 Å². The number of aryl methyl sites for hydroxylation is 1. The molecule has 7 heteroatoms. The average molecular weight is 318 g/mol. The van der Waals surface area contributed by atoms with Crippen molar-refractivity contribution in [3.05, 3.63) is 52.8 Å². The predicted molar refractivity (Wildman–Crippen MR) is 80.5 cm³/mol. The number of amides is 1. The number of hydrogen-bond donors (Lipinski definition) is 1. The summed E-state index contributed by atoms with van der Waals surface area (Å²) in [5.41, 5.74) is 1.09. The van der Waals surface area contributed by atoms with Gasteiger partial charge in [0.15, 0.2) is 6.61 Å². The van der Waals surface area contributed by atoms with E-state index in [1.165, 1.54) is 12.1 Å². The number of nitrogens with zero attached hydrogens (tertiary/aromatic N) is 2. The number of rotatable bonds is 4. The van der Waals surface area contributed by atoms with Crippen LogP contribution in [0, 0.1) is 11.3 Å². The zero-order valence-electron chi connectivity index (χ0n) is 11.7. The van der Waals surface area contributed by atoms with Gasteiger partial charge in [-0.3, -0.25) is 4.79 Å². The first-order chi connectivity index (χ1) is 10.5. The molecule has 0 bridgehead atoms. The van der Waals surface area contributed by atoms with Crippen LogP contribution in [0.1, 0.15) is 16.1 Å². The van der Waals surface area contributed by atoms with Crippen LogP contribution >= 0.6 is 11.6 Å². The summed E-state index contributed by atoms with van der Waals surface area (Å²) in [4.78, 5) is 23.5. The lowest BCUT2D eigenvalue weighted by Gasteiger charge is -2.07. The molecule has 1 amide bonds. The van der Waals surface area contributed by atoms with Gasteiger partial charge < -0.3 is 14.6 Å². The van der Waals surface area contributed by atoms with Crippen molar-refractivity contribution in [1.82, 2.24) is 4.57 Å². The average Bonchev–Trinajstić information content (AvgIpc) is 2.91. The van der Waals surface area contributed by atoms with Crippen molar-refractivity contribution in [1.29, 1.82) is 5.26 Å². The van der Waals surface area contributed by atoms with Crippen molar-refractivity contribution in [2.75, 3.05) is 11.9 Å². The highest BCUT2D eigenvalue weighted by atomic mass is 35.5. The van der Waals surface area contributed by atoms with Crippen LogP contribution in [0.25, 0.3) is 0 Å². The maximum atomic E-state index is 11.7. The zero-order chi connectivity index (χ0) is 16.1. The van der Waals surface area contributed by atoms with Crippen LogP contribution in [0.4, 0.5) is 5.69 Å². The van der Waals surface area contributed by atoms with Gasteiger partial charge in [0.05, 0.1) is 10.6 Å². The normalized spacial score (nSPS) is 9.86. The van der Waals surface area contributed by atoms with Crippen LogP contribution < -0.4 is 5.32 Å². The van der Waals surface area contributed by atoms with E-state index in [0.29, 0.717) is 16.9 Å². The first-order valence-corrected chi connectivity index (χ1v) is 6.67. The van der Waals surface area contributed by atoms with Gasteiger partial charge in [0.1, 0.15) is 11.8 Å². The Balaban J connectivity index is 1.91. The molecule has 2 aromatic rings. The second-order valence-corrected chi connectivity index (χ2v) is 4.84. The van der Waals surface area contributed by atoms with E-state index < -0.39 is 18.5 Å². The molecule has 0 radical (unpaired) electrons. The minimum Gasteiger partial charge on any atom is -0.451 e. The summed E-state index contributed by atoms with van der Waals surface area (Å²) in [5.74, 6) is -1.08. The molecular weight excluding hydrogens is 306 g/mol. The Bertz CT molecular complexity index is 762. The van der Waals surface area contributed by atoms with Gasteiger partial charge >= 0.3 is 5.97 Å². The van der Waals surface area contributed by atoms with Crippen LogP contribution in [0.5, 0.6) is 0 Å². The predicted octanol–water partition coefficient (Wildman–Crippen LogP) is 2.35. The van der Waals surface area contributed by atoms with Crippen LogP contribution in [0.2, 0.25) is 5.02 Å². The van der Waals surface area contributed by atoms with Crippen LogP contribution in [0.3, 0.4) is 0 Å². The molecule has 112 valence electrons. The Hall–Kier alpha value is -2.78. The van der Waals surface area contributed by atoms with E-state index in [0.717, 1.165) is 0 Å². The number of nitrogens with one attached hydrogen (secondary N) is 1. The summed E-state index contributed by atoms with van der Waals surface area (Å²) in [6, 6.07) is 9.71. The van der Waals surface area contributed by atoms with Crippen molar-refractivity contribution in [3.63, 3.8) is 0 Å². The van der Waals surface area contributed by atoms with Gasteiger partial charge in [-0.05, 0) is 30.3 Å². The Morgan fingerprint density at radius 3 is 2.77 bits per heavy atom. The molecule has 0 aliphatic heterocycles. The fraction of sp³-hybridized carbons (Fsp3) is 0.133. The quantitative estimate of drug-likeness (QED) is 0.877. The van der Waals surface area contributed by atoms with Crippen LogP contribution in [-0.2, 0) is 16.6 Å². The highest BCUT2D eigenvalue weighted by Gasteiger charge is 2.13. The first kappa shape index (κ1) is 15.6. The van der Waals surface area contributed by atoms with Gasteiger partial charge in [0.2, 0.25) is 0 Å². The number of carbonyl (C=O) groups excluding carboxylic acids is 2. The lowest BCUT2D eigenvalue weighted by Crippen LogP contribution is -2.21. The fourth-order valence-corrected chi connectivity index (χ4v) is 1.98. The molecular formula is C15H12ClN3O3. The van der Waals surface area contributed by atoms with E-state index in [1.54, 1.807) is 36.0 Å². The topological polar surface area (TPSA) is 84.1 Å². The molecule has 6 nitrogen and oxygen atoms in total. The fourth-order valence-electron chi connectivity index (χ4n) is 1.76. The molecule has 1 aromatic carbocycles. The number of ether oxygens (including phenoxy) is 1. The van der Waals surface area contributed by atoms with E-state index in [-0.39, 0.29) is 5.02 Å². The number of hydrogen-bond acceptors (Lipinski definition) is 4. The largest absolute Gasteiger partial charge is 0.451 e. The number of benzene rings is 1. The lowest BCUT2D eigenvalue weighted by atomic mass is 10.2. The first-order valence-electron chi connectivity index (χ1n) is 6.29. The van der Waals surface area contributed by atoms with Crippen LogP contribution in [0.15, 0.2) is 36.5 Å². The standard InChI is InChI=1S/C15H12ClN3O3/c1-19-6-2-3-13(19)15(21)22-9-14(20)18-11-5-4-10(8-17)12(16)7-11/h2-7H,9H2,1H3,(H,18,20). The molecule has 22 heavy (non-hydrogen) atoms. The molecule has 0 aliphatic carbocycles. The summed E-state index contributed by atoms with van der Waals surface area (Å²) >= 11 is 5.86. The summed E-state index contributed by atoms with van der Waals surface area (Å²) in [6.45, 7) is -0.415. The molecule has 0 spiro atoms. The molecule has 0 saturated heterocycles. The number of anilines is 1. The number of nitriles is 1. The minimum absolute atomic E-state index is 0.237. The summed E-state index contributed by atoms with van der Waals surface area (Å²) in [5, 5.41) is 11.5. The van der Waals surface area contributed by atoms with E-state index in [4.69, 9.17) is 21.6 Å². The van der Waals surface area contributed by atoms with Crippen molar-refractivity contribution < 1.29 is 14.3 Å². The third-order valence-corrected chi connectivity index (χ3v) is 3.17. The molecule has 1 N–H and O–H groups in total. The Kier molecular flexibility index (Phi) is 4.81. The van der Waals surface area contributed by atoms with Gasteiger partial charge in [-0.1, -0.05) is 11.6 Å². The molecule has 2 rings (SSSR count). The maximum absolute atomic E-state index is 11.7. The van der Waals surface area contributed by atoms with E-state index in [1.807, 2.05) is 6.07 Å². The number of esters is 1. The van der Waals surface area contributed by atoms with Crippen molar-refractivity contribution in [2.24, 2.45) is 7.05 Å². The maximum Gasteiger partial charge on any atom is 0.355 e. The smallest absolute Gasteiger partial charge is 0.355 e. The number of aromatic nitrogens is 1. The van der Waals surface area contributed by atoms with E-state index in [2.05, 4.69) is 5.32 Å². The summed E-state index contributed by atoms with van der Waals surface area (Å²) in [7, 11) is 1.70. The summed E-state index contributed by atoms with van der Waals surface area (Å²) in [6.07, 6.45) is 1.70. The number of halogens is 1. The Labute approximate surface area is 131 Å². The molecule has 0 aliphatic rings. The van der Waals surface area contributed by atoms with Gasteiger partial charge in [-0.25, -0.2) is 4.79 Å². The highest BCUT2D eigenvalue weighted by molar-refractivity contribution is 6.32. The molecule has 1 heterocycles. The van der Waals surface area contributed by atoms with Gasteiger partial charge in [-0.2, -0.15) is 5.26 Å². The minimum atomic E-state index is -0.583. The second-order valence-electron chi connectivity index (χ2n) is 4.44. The SMILES string of the molecule is Cn1cccc1C(=O)OCC(=O)Nc1ccc(C#N)c(Cl)c1.